The van der Waals surface area contributed by atoms with Crippen LogP contribution < -0.4 is 10.6 Å². The Morgan fingerprint density at radius 1 is 0.931 bits per heavy atom. The lowest BCUT2D eigenvalue weighted by Crippen LogP contribution is -2.44. The third kappa shape index (κ3) is 6.33. The van der Waals surface area contributed by atoms with Crippen LogP contribution in [0.1, 0.15) is 34.0 Å². The minimum Gasteiger partial charge on any atom is -0.472 e. The zero-order valence-electron chi connectivity index (χ0n) is 16.3. The summed E-state index contributed by atoms with van der Waals surface area (Å²) in [6, 6.07) is 18.8. The Morgan fingerprint density at radius 2 is 1.59 bits per heavy atom. The molecule has 0 spiro atoms. The van der Waals surface area contributed by atoms with E-state index in [0.29, 0.717) is 25.3 Å². The third-order valence-electron chi connectivity index (χ3n) is 4.39. The van der Waals surface area contributed by atoms with Crippen molar-refractivity contribution in [2.24, 2.45) is 0 Å². The first-order chi connectivity index (χ1) is 14.1. The Balaban J connectivity index is 1.40. The van der Waals surface area contributed by atoms with Gasteiger partial charge in [-0.3, -0.25) is 9.59 Å². The molecule has 0 saturated carbocycles. The smallest absolute Gasteiger partial charge is 0.255 e. The van der Waals surface area contributed by atoms with Crippen molar-refractivity contribution < 1.29 is 18.7 Å². The summed E-state index contributed by atoms with van der Waals surface area (Å²) in [6.45, 7) is 3.12. The van der Waals surface area contributed by atoms with Crippen molar-refractivity contribution >= 4 is 11.8 Å². The van der Waals surface area contributed by atoms with Crippen molar-refractivity contribution in [1.29, 1.82) is 0 Å². The molecule has 1 atom stereocenters. The number of benzene rings is 2. The predicted molar refractivity (Wildman–Crippen MR) is 109 cm³/mol. The summed E-state index contributed by atoms with van der Waals surface area (Å²) in [4.78, 5) is 24.1. The van der Waals surface area contributed by atoms with Gasteiger partial charge in [0.25, 0.3) is 5.91 Å². The molecule has 0 fully saturated rings. The number of furan rings is 1. The van der Waals surface area contributed by atoms with Crippen LogP contribution in [0.25, 0.3) is 0 Å². The molecular weight excluding hydrogens is 368 g/mol. The number of amides is 2. The van der Waals surface area contributed by atoms with Crippen LogP contribution in [0.4, 0.5) is 0 Å². The number of rotatable bonds is 9. The maximum atomic E-state index is 12.2. The Morgan fingerprint density at radius 3 is 2.24 bits per heavy atom. The summed E-state index contributed by atoms with van der Waals surface area (Å²) in [5.74, 6) is -0.599. The molecule has 2 aromatic carbocycles. The zero-order chi connectivity index (χ0) is 20.5. The Labute approximate surface area is 169 Å². The van der Waals surface area contributed by atoms with Gasteiger partial charge in [0.15, 0.2) is 0 Å². The van der Waals surface area contributed by atoms with Gasteiger partial charge in [-0.1, -0.05) is 54.6 Å². The summed E-state index contributed by atoms with van der Waals surface area (Å²) in [7, 11) is 0. The van der Waals surface area contributed by atoms with E-state index in [1.807, 2.05) is 54.6 Å². The van der Waals surface area contributed by atoms with E-state index in [1.54, 1.807) is 13.0 Å². The molecular formula is C23H24N2O4. The molecule has 0 aliphatic carbocycles. The number of nitrogens with one attached hydrogen (secondary N) is 2. The maximum Gasteiger partial charge on any atom is 0.255 e. The Kier molecular flexibility index (Phi) is 7.19. The molecule has 1 aromatic heterocycles. The molecule has 0 saturated heterocycles. The number of ether oxygens (including phenoxy) is 1. The highest BCUT2D eigenvalue weighted by Gasteiger charge is 2.16. The molecule has 0 radical (unpaired) electrons. The average Bonchev–Trinajstić information content (AvgIpc) is 3.29. The molecule has 0 aliphatic rings. The fraction of sp³-hybridized carbons (Fsp3) is 0.217. The second kappa shape index (κ2) is 10.2. The number of carbonyl (C=O) groups excluding carboxylic acids is 2. The van der Waals surface area contributed by atoms with E-state index in [4.69, 9.17) is 9.15 Å². The minimum atomic E-state index is -0.650. The van der Waals surface area contributed by atoms with Gasteiger partial charge in [0.2, 0.25) is 5.91 Å². The van der Waals surface area contributed by atoms with Crippen molar-refractivity contribution in [1.82, 2.24) is 10.6 Å². The SMILES string of the molecule is CC(NC(=O)c1ccoc1)C(=O)NCc1ccc(COCc2ccccc2)cc1. The van der Waals surface area contributed by atoms with Crippen LogP contribution in [-0.2, 0) is 29.3 Å². The van der Waals surface area contributed by atoms with Gasteiger partial charge in [0.1, 0.15) is 12.3 Å². The highest BCUT2D eigenvalue weighted by molar-refractivity contribution is 5.97. The second-order valence-corrected chi connectivity index (χ2v) is 6.72. The standard InChI is InChI=1S/C23H24N2O4/c1-17(25-23(27)21-11-12-28-16-21)22(26)24-13-18-7-9-20(10-8-18)15-29-14-19-5-3-2-4-6-19/h2-12,16-17H,13-15H2,1H3,(H,24,26)(H,25,27). The van der Waals surface area contributed by atoms with Crippen LogP contribution >= 0.6 is 0 Å². The molecule has 3 aromatic rings. The first kappa shape index (κ1) is 20.4. The normalized spacial score (nSPS) is 11.6. The van der Waals surface area contributed by atoms with Gasteiger partial charge in [-0.05, 0) is 29.7 Å². The van der Waals surface area contributed by atoms with E-state index >= 15 is 0 Å². The molecule has 3 rings (SSSR count). The van der Waals surface area contributed by atoms with Crippen molar-refractivity contribution in [2.75, 3.05) is 0 Å². The second-order valence-electron chi connectivity index (χ2n) is 6.72. The number of hydrogen-bond donors (Lipinski definition) is 2. The van der Waals surface area contributed by atoms with Gasteiger partial charge in [-0.25, -0.2) is 0 Å². The van der Waals surface area contributed by atoms with Gasteiger partial charge >= 0.3 is 0 Å². The lowest BCUT2D eigenvalue weighted by molar-refractivity contribution is -0.122. The summed E-state index contributed by atoms with van der Waals surface area (Å²) in [5.41, 5.74) is 3.56. The molecule has 2 N–H and O–H groups in total. The lowest BCUT2D eigenvalue weighted by Gasteiger charge is -2.14. The monoisotopic (exact) mass is 392 g/mol. The molecule has 0 bridgehead atoms. The van der Waals surface area contributed by atoms with Crippen molar-refractivity contribution in [3.8, 4) is 0 Å². The van der Waals surface area contributed by atoms with Gasteiger partial charge < -0.3 is 19.8 Å². The van der Waals surface area contributed by atoms with Gasteiger partial charge in [0, 0.05) is 6.54 Å². The third-order valence-corrected chi connectivity index (χ3v) is 4.39. The van der Waals surface area contributed by atoms with E-state index in [2.05, 4.69) is 10.6 Å². The van der Waals surface area contributed by atoms with Gasteiger partial charge in [-0.2, -0.15) is 0 Å². The van der Waals surface area contributed by atoms with Crippen molar-refractivity contribution in [3.63, 3.8) is 0 Å². The molecule has 150 valence electrons. The lowest BCUT2D eigenvalue weighted by atomic mass is 10.1. The summed E-state index contributed by atoms with van der Waals surface area (Å²) >= 11 is 0. The molecule has 2 amide bonds. The number of carbonyl (C=O) groups is 2. The largest absolute Gasteiger partial charge is 0.472 e. The van der Waals surface area contributed by atoms with E-state index in [1.165, 1.54) is 12.5 Å². The summed E-state index contributed by atoms with van der Waals surface area (Å²) in [6.07, 6.45) is 2.75. The fourth-order valence-electron chi connectivity index (χ4n) is 2.70. The van der Waals surface area contributed by atoms with Crippen LogP contribution in [0.3, 0.4) is 0 Å². The molecule has 29 heavy (non-hydrogen) atoms. The fourth-order valence-corrected chi connectivity index (χ4v) is 2.70. The molecule has 1 heterocycles. The van der Waals surface area contributed by atoms with Crippen molar-refractivity contribution in [3.05, 3.63) is 95.4 Å². The number of hydrogen-bond acceptors (Lipinski definition) is 4. The molecule has 6 nitrogen and oxygen atoms in total. The molecule has 0 aliphatic heterocycles. The highest BCUT2D eigenvalue weighted by Crippen LogP contribution is 2.08. The van der Waals surface area contributed by atoms with Crippen LogP contribution in [-0.4, -0.2) is 17.9 Å². The highest BCUT2D eigenvalue weighted by atomic mass is 16.5. The van der Waals surface area contributed by atoms with Crippen LogP contribution in [0.15, 0.2) is 77.6 Å². The molecule has 6 heteroatoms. The Hall–Kier alpha value is -3.38. The van der Waals surface area contributed by atoms with Crippen LogP contribution in [0.2, 0.25) is 0 Å². The van der Waals surface area contributed by atoms with E-state index in [-0.39, 0.29) is 11.8 Å². The van der Waals surface area contributed by atoms with Gasteiger partial charge in [-0.15, -0.1) is 0 Å². The van der Waals surface area contributed by atoms with E-state index in [0.717, 1.165) is 16.7 Å². The van der Waals surface area contributed by atoms with Crippen LogP contribution in [0, 0.1) is 0 Å². The molecule has 1 unspecified atom stereocenters. The topological polar surface area (TPSA) is 80.6 Å². The minimum absolute atomic E-state index is 0.253. The quantitative estimate of drug-likeness (QED) is 0.585. The zero-order valence-corrected chi connectivity index (χ0v) is 16.3. The van der Waals surface area contributed by atoms with E-state index in [9.17, 15) is 9.59 Å². The van der Waals surface area contributed by atoms with Crippen molar-refractivity contribution in [2.45, 2.75) is 32.7 Å². The first-order valence-corrected chi connectivity index (χ1v) is 9.42. The van der Waals surface area contributed by atoms with Gasteiger partial charge in [0.05, 0.1) is 25.0 Å². The Bertz CT molecular complexity index is 906. The average molecular weight is 392 g/mol. The van der Waals surface area contributed by atoms with Crippen LogP contribution in [0.5, 0.6) is 0 Å². The first-order valence-electron chi connectivity index (χ1n) is 9.42. The summed E-state index contributed by atoms with van der Waals surface area (Å²) < 4.78 is 10.6. The van der Waals surface area contributed by atoms with E-state index < -0.39 is 6.04 Å². The predicted octanol–water partition coefficient (Wildman–Crippen LogP) is 3.43. The summed E-state index contributed by atoms with van der Waals surface area (Å²) in [5, 5.41) is 5.46. The maximum absolute atomic E-state index is 12.2.